The van der Waals surface area contributed by atoms with Gasteiger partial charge in [-0.3, -0.25) is 4.79 Å². The van der Waals surface area contributed by atoms with E-state index in [1.807, 2.05) is 0 Å². The van der Waals surface area contributed by atoms with Gasteiger partial charge < -0.3 is 15.3 Å². The van der Waals surface area contributed by atoms with Gasteiger partial charge >= 0.3 is 17.9 Å². The number of carboxylic acids is 3. The Morgan fingerprint density at radius 3 is 1.21 bits per heavy atom. The topological polar surface area (TPSA) is 112 Å². The molecule has 0 aliphatic heterocycles. The van der Waals surface area contributed by atoms with Gasteiger partial charge in [0, 0.05) is 12.2 Å². The van der Waals surface area contributed by atoms with Crippen LogP contribution in [0.4, 0.5) is 0 Å². The molecule has 14 heavy (non-hydrogen) atoms. The highest BCUT2D eigenvalue weighted by Gasteiger charge is 1.99. The summed E-state index contributed by atoms with van der Waals surface area (Å²) in [6.07, 6.45) is 1.12. The van der Waals surface area contributed by atoms with Crippen LogP contribution in [0.2, 0.25) is 0 Å². The molecule has 0 aliphatic carbocycles. The number of carbonyl (C=O) groups is 3. The average molecular weight is 204 g/mol. The van der Waals surface area contributed by atoms with Crippen molar-refractivity contribution in [3.05, 3.63) is 12.2 Å². The first-order valence-electron chi connectivity index (χ1n) is 3.64. The van der Waals surface area contributed by atoms with Crippen molar-refractivity contribution >= 4 is 17.9 Å². The van der Waals surface area contributed by atoms with E-state index in [4.69, 9.17) is 15.3 Å². The fraction of sp³-hybridized carbons (Fsp3) is 0.375. The lowest BCUT2D eigenvalue weighted by molar-refractivity contribution is -0.140. The number of rotatable bonds is 3. The predicted octanol–water partition coefficient (Wildman–Crippen LogP) is 0.439. The Kier molecular flexibility index (Phi) is 8.15. The van der Waals surface area contributed by atoms with Crippen LogP contribution >= 0.6 is 0 Å². The maximum Gasteiger partial charge on any atom is 0.328 e. The molecule has 0 heterocycles. The summed E-state index contributed by atoms with van der Waals surface area (Å²) in [6, 6.07) is 0. The lowest BCUT2D eigenvalue weighted by Gasteiger charge is -1.89. The normalized spacial score (nSPS) is 9.36. The molecule has 0 aromatic heterocycles. The highest BCUT2D eigenvalue weighted by Crippen LogP contribution is 1.87. The van der Waals surface area contributed by atoms with E-state index in [0.717, 1.165) is 0 Å². The minimum Gasteiger partial charge on any atom is -0.481 e. The molecule has 6 heteroatoms. The molecule has 0 aliphatic rings. The van der Waals surface area contributed by atoms with Crippen molar-refractivity contribution in [2.45, 2.75) is 13.8 Å². The van der Waals surface area contributed by atoms with Crippen molar-refractivity contribution in [2.75, 3.05) is 0 Å². The molecule has 80 valence electrons. The van der Waals surface area contributed by atoms with Gasteiger partial charge in [0.25, 0.3) is 0 Å². The van der Waals surface area contributed by atoms with Crippen LogP contribution in [0.15, 0.2) is 12.2 Å². The molecule has 0 saturated heterocycles. The van der Waals surface area contributed by atoms with Crippen molar-refractivity contribution in [1.29, 1.82) is 0 Å². The van der Waals surface area contributed by atoms with Gasteiger partial charge in [0.05, 0.1) is 5.92 Å². The summed E-state index contributed by atoms with van der Waals surface area (Å²) in [5, 5.41) is 23.6. The molecule has 0 amide bonds. The van der Waals surface area contributed by atoms with Crippen molar-refractivity contribution < 1.29 is 29.7 Å². The smallest absolute Gasteiger partial charge is 0.328 e. The van der Waals surface area contributed by atoms with Crippen LogP contribution in [0, 0.1) is 5.92 Å². The Hall–Kier alpha value is -1.85. The second-order valence-corrected chi connectivity index (χ2v) is 2.50. The zero-order chi connectivity index (χ0) is 11.7. The first-order chi connectivity index (χ1) is 6.27. The lowest BCUT2D eigenvalue weighted by atomic mass is 10.2. The number of carboxylic acid groups (broad SMARTS) is 3. The summed E-state index contributed by atoms with van der Waals surface area (Å²) >= 11 is 0. The van der Waals surface area contributed by atoms with E-state index >= 15 is 0 Å². The Morgan fingerprint density at radius 2 is 1.14 bits per heavy atom. The summed E-state index contributed by atoms with van der Waals surface area (Å²) in [6.45, 7) is 3.28. The number of aliphatic carboxylic acids is 3. The van der Waals surface area contributed by atoms with Gasteiger partial charge in [0.15, 0.2) is 0 Å². The van der Waals surface area contributed by atoms with Crippen LogP contribution in [-0.4, -0.2) is 33.2 Å². The molecule has 0 aromatic rings. The number of hydrogen-bond donors (Lipinski definition) is 3. The zero-order valence-corrected chi connectivity index (χ0v) is 7.80. The summed E-state index contributed by atoms with van der Waals surface area (Å²) in [7, 11) is 0. The molecule has 0 rings (SSSR count). The van der Waals surface area contributed by atoms with Gasteiger partial charge in [-0.15, -0.1) is 0 Å². The SMILES string of the molecule is CC(C)C(=O)O.O=C(O)C=CC(=O)O. The van der Waals surface area contributed by atoms with Crippen LogP contribution in [0.5, 0.6) is 0 Å². The van der Waals surface area contributed by atoms with Crippen molar-refractivity contribution in [1.82, 2.24) is 0 Å². The largest absolute Gasteiger partial charge is 0.481 e. The molecule has 0 fully saturated rings. The third-order valence-corrected chi connectivity index (χ3v) is 0.862. The van der Waals surface area contributed by atoms with Gasteiger partial charge in [-0.1, -0.05) is 13.8 Å². The minimum absolute atomic E-state index is 0.231. The molecule has 0 spiro atoms. The highest BCUT2D eigenvalue weighted by atomic mass is 16.4. The molecule has 0 atom stereocenters. The van der Waals surface area contributed by atoms with Gasteiger partial charge in [-0.2, -0.15) is 0 Å². The van der Waals surface area contributed by atoms with Gasteiger partial charge in [0.1, 0.15) is 0 Å². The zero-order valence-electron chi connectivity index (χ0n) is 7.80. The fourth-order valence-electron chi connectivity index (χ4n) is 0.143. The third-order valence-electron chi connectivity index (χ3n) is 0.862. The molecule has 0 bridgehead atoms. The molecule has 0 saturated carbocycles. The van der Waals surface area contributed by atoms with E-state index < -0.39 is 17.9 Å². The van der Waals surface area contributed by atoms with Crippen LogP contribution in [-0.2, 0) is 14.4 Å². The predicted molar refractivity (Wildman–Crippen MR) is 46.9 cm³/mol. The second-order valence-electron chi connectivity index (χ2n) is 2.50. The van der Waals surface area contributed by atoms with Crippen LogP contribution in [0.3, 0.4) is 0 Å². The average Bonchev–Trinajstić information content (AvgIpc) is 2.01. The third kappa shape index (κ3) is 16.6. The Balaban J connectivity index is 0. The van der Waals surface area contributed by atoms with E-state index in [-0.39, 0.29) is 5.92 Å². The molecular formula is C8H12O6. The number of hydrogen-bond acceptors (Lipinski definition) is 3. The van der Waals surface area contributed by atoms with Crippen LogP contribution < -0.4 is 0 Å². The van der Waals surface area contributed by atoms with Crippen molar-refractivity contribution in [2.24, 2.45) is 5.92 Å². The Labute approximate surface area is 80.5 Å². The molecule has 0 unspecified atom stereocenters. The van der Waals surface area contributed by atoms with Crippen LogP contribution in [0.25, 0.3) is 0 Å². The van der Waals surface area contributed by atoms with Gasteiger partial charge in [0.2, 0.25) is 0 Å². The molecular weight excluding hydrogens is 192 g/mol. The standard InChI is InChI=1S/C4H4O4.C4H8O2/c5-3(6)1-2-4(7)8;1-3(2)4(5)6/h1-2H,(H,5,6)(H,7,8);3H,1-2H3,(H,5,6). The highest BCUT2D eigenvalue weighted by molar-refractivity contribution is 5.89. The summed E-state index contributed by atoms with van der Waals surface area (Å²) in [5.74, 6) is -3.49. The molecule has 6 nitrogen and oxygen atoms in total. The first-order valence-corrected chi connectivity index (χ1v) is 3.64. The van der Waals surface area contributed by atoms with Crippen molar-refractivity contribution in [3.63, 3.8) is 0 Å². The van der Waals surface area contributed by atoms with E-state index in [1.165, 1.54) is 0 Å². The molecule has 0 radical (unpaired) electrons. The lowest BCUT2D eigenvalue weighted by Crippen LogP contribution is -2.03. The van der Waals surface area contributed by atoms with E-state index in [2.05, 4.69) is 0 Å². The Bertz CT molecular complexity index is 224. The summed E-state index contributed by atoms with van der Waals surface area (Å²) in [4.78, 5) is 28.8. The monoisotopic (exact) mass is 204 g/mol. The maximum absolute atomic E-state index is 9.70. The maximum atomic E-state index is 9.70. The minimum atomic E-state index is -1.26. The first kappa shape index (κ1) is 14.7. The summed E-state index contributed by atoms with van der Waals surface area (Å²) < 4.78 is 0. The van der Waals surface area contributed by atoms with E-state index in [1.54, 1.807) is 13.8 Å². The fourth-order valence-corrected chi connectivity index (χ4v) is 0.143. The van der Waals surface area contributed by atoms with Crippen molar-refractivity contribution in [3.8, 4) is 0 Å². The Morgan fingerprint density at radius 1 is 0.929 bits per heavy atom. The molecule has 0 aromatic carbocycles. The van der Waals surface area contributed by atoms with E-state index in [9.17, 15) is 14.4 Å². The quantitative estimate of drug-likeness (QED) is 0.575. The molecule has 3 N–H and O–H groups in total. The van der Waals surface area contributed by atoms with Crippen LogP contribution in [0.1, 0.15) is 13.8 Å². The van der Waals surface area contributed by atoms with Gasteiger partial charge in [-0.05, 0) is 0 Å². The van der Waals surface area contributed by atoms with Gasteiger partial charge in [-0.25, -0.2) is 9.59 Å². The second kappa shape index (κ2) is 7.78. The summed E-state index contributed by atoms with van der Waals surface area (Å²) in [5.41, 5.74) is 0. The van der Waals surface area contributed by atoms with E-state index in [0.29, 0.717) is 12.2 Å².